The molecule has 1 fully saturated rings. The highest BCUT2D eigenvalue weighted by molar-refractivity contribution is 9.10. The average molecular weight is 410 g/mol. The molecule has 126 valence electrons. The number of carbonyl (C=O) groups excluding carboxylic acids is 1. The number of hydrogen-bond donors (Lipinski definition) is 1. The Morgan fingerprint density at radius 3 is 2.62 bits per heavy atom. The highest BCUT2D eigenvalue weighted by Crippen LogP contribution is 2.32. The average Bonchev–Trinajstić information content (AvgIpc) is 2.57. The molecule has 0 radical (unpaired) electrons. The Morgan fingerprint density at radius 1 is 1.29 bits per heavy atom. The molecule has 24 heavy (non-hydrogen) atoms. The molecule has 1 aromatic carbocycles. The maximum atomic E-state index is 11.6. The molecule has 5 nitrogen and oxygen atoms in total. The SMILES string of the molecule is Cc1cc(C2CCN(c3nnc(Cl)cc3C(N)=O)CC2)ccc1Br. The number of halogens is 2. The summed E-state index contributed by atoms with van der Waals surface area (Å²) >= 11 is 9.37. The van der Waals surface area contributed by atoms with Gasteiger partial charge in [0.25, 0.3) is 5.91 Å². The number of primary amides is 1. The van der Waals surface area contributed by atoms with Crippen LogP contribution in [-0.2, 0) is 0 Å². The topological polar surface area (TPSA) is 72.1 Å². The third-order valence-corrected chi connectivity index (χ3v) is 5.53. The number of rotatable bonds is 3. The van der Waals surface area contributed by atoms with Crippen LogP contribution in [0.15, 0.2) is 28.7 Å². The van der Waals surface area contributed by atoms with Gasteiger partial charge in [-0.2, -0.15) is 0 Å². The van der Waals surface area contributed by atoms with Gasteiger partial charge in [0.15, 0.2) is 11.0 Å². The molecule has 0 spiro atoms. The first-order valence-electron chi connectivity index (χ1n) is 7.79. The molecule has 2 N–H and O–H groups in total. The fraction of sp³-hybridized carbons (Fsp3) is 0.353. The Balaban J connectivity index is 1.75. The minimum Gasteiger partial charge on any atom is -0.365 e. The fourth-order valence-electron chi connectivity index (χ4n) is 3.12. The summed E-state index contributed by atoms with van der Waals surface area (Å²) in [5.41, 5.74) is 8.37. The fourth-order valence-corrected chi connectivity index (χ4v) is 3.52. The van der Waals surface area contributed by atoms with Crippen molar-refractivity contribution in [2.24, 2.45) is 5.73 Å². The molecule has 0 saturated carbocycles. The van der Waals surface area contributed by atoms with E-state index in [-0.39, 0.29) is 5.15 Å². The Morgan fingerprint density at radius 2 is 2.00 bits per heavy atom. The van der Waals surface area contributed by atoms with Gasteiger partial charge in [0, 0.05) is 17.6 Å². The second-order valence-electron chi connectivity index (χ2n) is 6.04. The van der Waals surface area contributed by atoms with E-state index in [2.05, 4.69) is 56.2 Å². The van der Waals surface area contributed by atoms with Crippen LogP contribution in [0, 0.1) is 6.92 Å². The van der Waals surface area contributed by atoms with Crippen LogP contribution in [0.4, 0.5) is 5.82 Å². The van der Waals surface area contributed by atoms with Crippen LogP contribution < -0.4 is 10.6 Å². The Kier molecular flexibility index (Phi) is 5.06. The van der Waals surface area contributed by atoms with Gasteiger partial charge in [0.05, 0.1) is 5.56 Å². The van der Waals surface area contributed by atoms with E-state index in [1.54, 1.807) is 0 Å². The molecular weight excluding hydrogens is 392 g/mol. The van der Waals surface area contributed by atoms with Crippen molar-refractivity contribution in [2.45, 2.75) is 25.7 Å². The molecule has 0 unspecified atom stereocenters. The summed E-state index contributed by atoms with van der Waals surface area (Å²) in [6.45, 7) is 3.71. The van der Waals surface area contributed by atoms with Crippen molar-refractivity contribution in [3.05, 3.63) is 50.6 Å². The molecule has 3 rings (SSSR count). The van der Waals surface area contributed by atoms with Gasteiger partial charge in [-0.15, -0.1) is 10.2 Å². The van der Waals surface area contributed by atoms with Crippen LogP contribution in [0.3, 0.4) is 0 Å². The lowest BCUT2D eigenvalue weighted by atomic mass is 9.88. The van der Waals surface area contributed by atoms with Crippen molar-refractivity contribution in [2.75, 3.05) is 18.0 Å². The van der Waals surface area contributed by atoms with Gasteiger partial charge in [-0.1, -0.05) is 39.7 Å². The lowest BCUT2D eigenvalue weighted by Gasteiger charge is -2.33. The van der Waals surface area contributed by atoms with Crippen molar-refractivity contribution in [3.8, 4) is 0 Å². The van der Waals surface area contributed by atoms with Gasteiger partial charge in [0.1, 0.15) is 0 Å². The van der Waals surface area contributed by atoms with Gasteiger partial charge < -0.3 is 10.6 Å². The van der Waals surface area contributed by atoms with Crippen molar-refractivity contribution in [1.29, 1.82) is 0 Å². The van der Waals surface area contributed by atoms with Crippen molar-refractivity contribution in [1.82, 2.24) is 10.2 Å². The number of benzene rings is 1. The molecule has 0 bridgehead atoms. The number of amides is 1. The molecule has 1 aliphatic rings. The van der Waals surface area contributed by atoms with Crippen molar-refractivity contribution < 1.29 is 4.79 Å². The highest BCUT2D eigenvalue weighted by atomic mass is 79.9. The number of carbonyl (C=O) groups is 1. The smallest absolute Gasteiger partial charge is 0.252 e. The minimum absolute atomic E-state index is 0.174. The van der Waals surface area contributed by atoms with E-state index in [9.17, 15) is 4.79 Å². The van der Waals surface area contributed by atoms with Gasteiger partial charge in [-0.25, -0.2) is 0 Å². The molecular formula is C17H18BrClN4O. The zero-order chi connectivity index (χ0) is 17.3. The summed E-state index contributed by atoms with van der Waals surface area (Å²) in [5.74, 6) is 0.495. The van der Waals surface area contributed by atoms with E-state index in [1.807, 2.05) is 0 Å². The number of hydrogen-bond acceptors (Lipinski definition) is 4. The van der Waals surface area contributed by atoms with Crippen LogP contribution in [-0.4, -0.2) is 29.2 Å². The molecule has 1 aromatic heterocycles. The normalized spacial score (nSPS) is 15.5. The number of anilines is 1. The molecule has 0 aliphatic carbocycles. The largest absolute Gasteiger partial charge is 0.365 e. The van der Waals surface area contributed by atoms with Crippen molar-refractivity contribution in [3.63, 3.8) is 0 Å². The van der Waals surface area contributed by atoms with Crippen molar-refractivity contribution >= 4 is 39.3 Å². The van der Waals surface area contributed by atoms with Gasteiger partial charge >= 0.3 is 0 Å². The molecule has 2 heterocycles. The monoisotopic (exact) mass is 408 g/mol. The predicted octanol–water partition coefficient (Wildman–Crippen LogP) is 3.68. The first-order chi connectivity index (χ1) is 11.5. The van der Waals surface area contributed by atoms with Gasteiger partial charge in [0.2, 0.25) is 0 Å². The molecule has 7 heteroatoms. The zero-order valence-corrected chi connectivity index (χ0v) is 15.6. The molecule has 1 aliphatic heterocycles. The number of aromatic nitrogens is 2. The van der Waals surface area contributed by atoms with E-state index < -0.39 is 5.91 Å². The summed E-state index contributed by atoms with van der Waals surface area (Å²) < 4.78 is 1.13. The molecule has 1 amide bonds. The van der Waals surface area contributed by atoms with Crippen LogP contribution in [0.25, 0.3) is 0 Å². The number of piperidine rings is 1. The number of nitrogens with zero attached hydrogens (tertiary/aromatic N) is 3. The first-order valence-corrected chi connectivity index (χ1v) is 8.97. The van der Waals surface area contributed by atoms with Crippen LogP contribution in [0.2, 0.25) is 5.15 Å². The van der Waals surface area contributed by atoms with E-state index in [1.165, 1.54) is 17.2 Å². The first kappa shape index (κ1) is 17.2. The van der Waals surface area contributed by atoms with Crippen LogP contribution >= 0.6 is 27.5 Å². The Bertz CT molecular complexity index is 775. The summed E-state index contributed by atoms with van der Waals surface area (Å²) in [4.78, 5) is 13.7. The summed E-state index contributed by atoms with van der Waals surface area (Å²) in [5, 5.41) is 8.11. The maximum absolute atomic E-state index is 11.6. The third-order valence-electron chi connectivity index (χ3n) is 4.46. The van der Waals surface area contributed by atoms with Gasteiger partial charge in [-0.3, -0.25) is 4.79 Å². The number of nitrogens with two attached hydrogens (primary N) is 1. The predicted molar refractivity (Wildman–Crippen MR) is 98.6 cm³/mol. The quantitative estimate of drug-likeness (QED) is 0.839. The Hall–Kier alpha value is -1.66. The molecule has 2 aromatic rings. The molecule has 1 saturated heterocycles. The second kappa shape index (κ2) is 7.07. The highest BCUT2D eigenvalue weighted by Gasteiger charge is 2.25. The third kappa shape index (κ3) is 3.54. The van der Waals surface area contributed by atoms with Crippen LogP contribution in [0.5, 0.6) is 0 Å². The molecule has 0 atom stereocenters. The van der Waals surface area contributed by atoms with Crippen LogP contribution in [0.1, 0.15) is 40.2 Å². The van der Waals surface area contributed by atoms with E-state index in [0.29, 0.717) is 17.3 Å². The Labute approximate surface area is 154 Å². The summed E-state index contributed by atoms with van der Waals surface area (Å²) in [6.07, 6.45) is 1.98. The standard InChI is InChI=1S/C17H18BrClN4O/c1-10-8-12(2-3-14(10)18)11-4-6-23(7-5-11)17-13(16(20)24)9-15(19)21-22-17/h2-3,8-9,11H,4-7H2,1H3,(H2,20,24). The van der Waals surface area contributed by atoms with Gasteiger partial charge in [-0.05, 0) is 48.9 Å². The lowest BCUT2D eigenvalue weighted by molar-refractivity contribution is 0.1000. The maximum Gasteiger partial charge on any atom is 0.252 e. The number of aryl methyl sites for hydroxylation is 1. The second-order valence-corrected chi connectivity index (χ2v) is 7.28. The van der Waals surface area contributed by atoms with E-state index in [4.69, 9.17) is 17.3 Å². The minimum atomic E-state index is -0.535. The van der Waals surface area contributed by atoms with E-state index in [0.717, 1.165) is 30.4 Å². The van der Waals surface area contributed by atoms with E-state index >= 15 is 0 Å². The lowest BCUT2D eigenvalue weighted by Crippen LogP contribution is -2.35. The zero-order valence-electron chi connectivity index (χ0n) is 13.3. The summed E-state index contributed by atoms with van der Waals surface area (Å²) in [6, 6.07) is 8.00. The summed E-state index contributed by atoms with van der Waals surface area (Å²) in [7, 11) is 0.